The fourth-order valence-electron chi connectivity index (χ4n) is 2.68. The van der Waals surface area contributed by atoms with Crippen LogP contribution in [0.1, 0.15) is 35.8 Å². The van der Waals surface area contributed by atoms with Gasteiger partial charge in [0.25, 0.3) is 0 Å². The molecule has 2 aromatic heterocycles. The number of pyridine rings is 1. The zero-order valence-corrected chi connectivity index (χ0v) is 9.36. The highest BCUT2D eigenvalue weighted by atomic mass is 16.1. The molecule has 0 fully saturated rings. The third-order valence-electron chi connectivity index (χ3n) is 3.34. The van der Waals surface area contributed by atoms with Gasteiger partial charge < -0.3 is 4.57 Å². The Bertz CT molecular complexity index is 569. The molecule has 16 heavy (non-hydrogen) atoms. The van der Waals surface area contributed by atoms with Crippen LogP contribution in [0.15, 0.2) is 18.3 Å². The van der Waals surface area contributed by atoms with Crippen LogP contribution in [0.25, 0.3) is 11.0 Å². The molecular weight excluding hydrogens is 200 g/mol. The molecule has 0 spiro atoms. The first-order valence-corrected chi connectivity index (χ1v) is 5.82. The summed E-state index contributed by atoms with van der Waals surface area (Å²) >= 11 is 0. The number of carbonyl (C=O) groups is 1. The van der Waals surface area contributed by atoms with Gasteiger partial charge in [0.1, 0.15) is 5.65 Å². The van der Waals surface area contributed by atoms with Crippen molar-refractivity contribution in [3.63, 3.8) is 0 Å². The zero-order chi connectivity index (χ0) is 11.1. The van der Waals surface area contributed by atoms with Crippen LogP contribution in [-0.2, 0) is 13.0 Å². The second kappa shape index (κ2) is 3.44. The molecule has 0 saturated heterocycles. The smallest absolute Gasteiger partial charge is 0.165 e. The van der Waals surface area contributed by atoms with Crippen molar-refractivity contribution in [3.05, 3.63) is 29.6 Å². The topological polar surface area (TPSA) is 34.9 Å². The summed E-state index contributed by atoms with van der Waals surface area (Å²) in [5.74, 6) is 0.284. The second-order valence-electron chi connectivity index (χ2n) is 4.22. The first-order chi connectivity index (χ1) is 7.83. The minimum absolute atomic E-state index is 0.284. The number of carbonyl (C=O) groups excluding carboxylic acids is 1. The lowest BCUT2D eigenvalue weighted by atomic mass is 9.95. The molecule has 0 N–H and O–H groups in total. The summed E-state index contributed by atoms with van der Waals surface area (Å²) in [5, 5.41) is 1.03. The van der Waals surface area contributed by atoms with E-state index in [9.17, 15) is 4.79 Å². The molecule has 1 aliphatic carbocycles. The summed E-state index contributed by atoms with van der Waals surface area (Å²) in [6.45, 7) is 2.99. The van der Waals surface area contributed by atoms with Gasteiger partial charge >= 0.3 is 0 Å². The molecule has 0 atom stereocenters. The Hall–Kier alpha value is -1.64. The summed E-state index contributed by atoms with van der Waals surface area (Å²) in [6, 6.07) is 3.92. The van der Waals surface area contributed by atoms with E-state index in [1.54, 1.807) is 6.20 Å². The van der Waals surface area contributed by atoms with Crippen LogP contribution in [0.5, 0.6) is 0 Å². The van der Waals surface area contributed by atoms with E-state index >= 15 is 0 Å². The van der Waals surface area contributed by atoms with Gasteiger partial charge in [-0.25, -0.2) is 4.98 Å². The van der Waals surface area contributed by atoms with E-state index in [1.807, 2.05) is 12.1 Å². The molecule has 0 unspecified atom stereocenters. The predicted octanol–water partition coefficient (Wildman–Crippen LogP) is 2.58. The normalized spacial score (nSPS) is 15.4. The van der Waals surface area contributed by atoms with E-state index in [-0.39, 0.29) is 5.78 Å². The molecule has 3 rings (SSSR count). The van der Waals surface area contributed by atoms with Crippen LogP contribution in [0.4, 0.5) is 0 Å². The molecule has 0 saturated carbocycles. The number of aryl methyl sites for hydroxylation is 1. The van der Waals surface area contributed by atoms with E-state index in [1.165, 1.54) is 5.69 Å². The predicted molar refractivity (Wildman–Crippen MR) is 62.7 cm³/mol. The molecule has 2 aromatic rings. The van der Waals surface area contributed by atoms with Crippen molar-refractivity contribution in [1.82, 2.24) is 9.55 Å². The Kier molecular flexibility index (Phi) is 2.06. The zero-order valence-electron chi connectivity index (χ0n) is 9.36. The quantitative estimate of drug-likeness (QED) is 0.731. The highest BCUT2D eigenvalue weighted by molar-refractivity contribution is 6.09. The number of fused-ring (bicyclic) bond motifs is 3. The Morgan fingerprint density at radius 2 is 2.31 bits per heavy atom. The monoisotopic (exact) mass is 214 g/mol. The van der Waals surface area contributed by atoms with Gasteiger partial charge in [-0.1, -0.05) is 0 Å². The molecule has 2 heterocycles. The van der Waals surface area contributed by atoms with Gasteiger partial charge in [-0.2, -0.15) is 0 Å². The Labute approximate surface area is 94.1 Å². The van der Waals surface area contributed by atoms with Crippen molar-refractivity contribution in [2.75, 3.05) is 0 Å². The average Bonchev–Trinajstić information content (AvgIpc) is 2.64. The van der Waals surface area contributed by atoms with Crippen LogP contribution in [0, 0.1) is 0 Å². The number of hydrogen-bond acceptors (Lipinski definition) is 2. The van der Waals surface area contributed by atoms with Gasteiger partial charge in [0.15, 0.2) is 5.78 Å². The first kappa shape index (κ1) is 9.58. The first-order valence-electron chi connectivity index (χ1n) is 5.82. The van der Waals surface area contributed by atoms with Gasteiger partial charge in [-0.05, 0) is 31.9 Å². The summed E-state index contributed by atoms with van der Waals surface area (Å²) in [5.41, 5.74) is 3.08. The van der Waals surface area contributed by atoms with Crippen LogP contribution in [0.2, 0.25) is 0 Å². The number of ketones is 1. The Morgan fingerprint density at radius 3 is 3.12 bits per heavy atom. The van der Waals surface area contributed by atoms with E-state index in [0.29, 0.717) is 6.42 Å². The maximum absolute atomic E-state index is 12.0. The largest absolute Gasteiger partial charge is 0.329 e. The summed E-state index contributed by atoms with van der Waals surface area (Å²) in [6.07, 6.45) is 4.46. The van der Waals surface area contributed by atoms with Crippen LogP contribution in [-0.4, -0.2) is 15.3 Å². The van der Waals surface area contributed by atoms with Crippen molar-refractivity contribution in [3.8, 4) is 0 Å². The Morgan fingerprint density at radius 1 is 1.44 bits per heavy atom. The number of aromatic nitrogens is 2. The van der Waals surface area contributed by atoms with Crippen molar-refractivity contribution in [1.29, 1.82) is 0 Å². The summed E-state index contributed by atoms with van der Waals surface area (Å²) < 4.78 is 2.18. The summed E-state index contributed by atoms with van der Waals surface area (Å²) in [4.78, 5) is 16.4. The van der Waals surface area contributed by atoms with Crippen molar-refractivity contribution >= 4 is 16.8 Å². The number of nitrogens with zero attached hydrogens (tertiary/aromatic N) is 2. The van der Waals surface area contributed by atoms with E-state index in [4.69, 9.17) is 0 Å². The standard InChI is InChI=1S/C13H14N2O/c1-2-15-10-6-3-7-11(16)12(10)9-5-4-8-14-13(9)15/h4-5,8H,2-3,6-7H2,1H3. The maximum atomic E-state index is 12.0. The number of hydrogen-bond donors (Lipinski definition) is 0. The minimum atomic E-state index is 0.284. The molecule has 1 aliphatic rings. The lowest BCUT2D eigenvalue weighted by Crippen LogP contribution is -2.12. The molecule has 0 aliphatic heterocycles. The molecule has 0 aromatic carbocycles. The molecule has 0 amide bonds. The van der Waals surface area contributed by atoms with Crippen LogP contribution in [0.3, 0.4) is 0 Å². The molecule has 0 bridgehead atoms. The van der Waals surface area contributed by atoms with E-state index in [0.717, 1.165) is 36.0 Å². The van der Waals surface area contributed by atoms with Crippen molar-refractivity contribution in [2.24, 2.45) is 0 Å². The molecular formula is C13H14N2O. The van der Waals surface area contributed by atoms with E-state index < -0.39 is 0 Å². The highest BCUT2D eigenvalue weighted by Crippen LogP contribution is 2.30. The molecule has 82 valence electrons. The molecule has 3 heteroatoms. The highest BCUT2D eigenvalue weighted by Gasteiger charge is 2.25. The lowest BCUT2D eigenvalue weighted by Gasteiger charge is -2.13. The number of Topliss-reactive ketones (excluding diaryl/α,β-unsaturated/α-hetero) is 1. The Balaban J connectivity index is 2.43. The lowest BCUT2D eigenvalue weighted by molar-refractivity contribution is 0.0973. The molecule has 0 radical (unpaired) electrons. The van der Waals surface area contributed by atoms with Gasteiger partial charge in [-0.3, -0.25) is 4.79 Å². The minimum Gasteiger partial charge on any atom is -0.329 e. The fraction of sp³-hybridized carbons (Fsp3) is 0.385. The summed E-state index contributed by atoms with van der Waals surface area (Å²) in [7, 11) is 0. The second-order valence-corrected chi connectivity index (χ2v) is 4.22. The fourth-order valence-corrected chi connectivity index (χ4v) is 2.68. The van der Waals surface area contributed by atoms with Crippen LogP contribution >= 0.6 is 0 Å². The average molecular weight is 214 g/mol. The van der Waals surface area contributed by atoms with Gasteiger partial charge in [-0.15, -0.1) is 0 Å². The van der Waals surface area contributed by atoms with Crippen molar-refractivity contribution in [2.45, 2.75) is 32.7 Å². The van der Waals surface area contributed by atoms with Crippen LogP contribution < -0.4 is 0 Å². The number of rotatable bonds is 1. The third-order valence-corrected chi connectivity index (χ3v) is 3.34. The van der Waals surface area contributed by atoms with Gasteiger partial charge in [0.05, 0.1) is 0 Å². The maximum Gasteiger partial charge on any atom is 0.165 e. The third kappa shape index (κ3) is 1.14. The molecule has 3 nitrogen and oxygen atoms in total. The van der Waals surface area contributed by atoms with E-state index in [2.05, 4.69) is 16.5 Å². The van der Waals surface area contributed by atoms with Crippen molar-refractivity contribution < 1.29 is 4.79 Å². The SMILES string of the molecule is CCn1c2c(c3cccnc31)C(=O)CCC2. The van der Waals surface area contributed by atoms with Gasteiger partial charge in [0.2, 0.25) is 0 Å². The van der Waals surface area contributed by atoms with Gasteiger partial charge in [0, 0.05) is 35.8 Å².